The Balaban J connectivity index is 1.84. The highest BCUT2D eigenvalue weighted by Gasteiger charge is 2.13. The maximum Gasteiger partial charge on any atom is 0.254 e. The maximum absolute atomic E-state index is 12.8. The number of amides is 1. The summed E-state index contributed by atoms with van der Waals surface area (Å²) in [5.41, 5.74) is 3.93. The third kappa shape index (κ3) is 4.40. The van der Waals surface area contributed by atoms with Crippen LogP contribution in [0, 0.1) is 5.82 Å². The lowest BCUT2D eigenvalue weighted by atomic mass is 10.1. The van der Waals surface area contributed by atoms with E-state index in [2.05, 4.69) is 10.5 Å². The van der Waals surface area contributed by atoms with Gasteiger partial charge in [0, 0.05) is 13.1 Å². The summed E-state index contributed by atoms with van der Waals surface area (Å²) in [7, 11) is 0. The molecule has 0 atom stereocenters. The Morgan fingerprint density at radius 2 is 2.00 bits per heavy atom. The minimum Gasteiger partial charge on any atom is -0.379 e. The Morgan fingerprint density at radius 1 is 1.35 bits per heavy atom. The van der Waals surface area contributed by atoms with Crippen LogP contribution in [0.2, 0.25) is 0 Å². The van der Waals surface area contributed by atoms with Crippen LogP contribution in [-0.2, 0) is 9.53 Å². The highest BCUT2D eigenvalue weighted by atomic mass is 19.1. The summed E-state index contributed by atoms with van der Waals surface area (Å²) in [6.45, 7) is 4.91. The van der Waals surface area contributed by atoms with Gasteiger partial charge in [-0.25, -0.2) is 9.82 Å². The molecule has 1 heterocycles. The number of morpholine rings is 1. The molecule has 0 bridgehead atoms. The van der Waals surface area contributed by atoms with Crippen LogP contribution in [0.5, 0.6) is 0 Å². The number of carbonyl (C=O) groups excluding carboxylic acids is 1. The molecule has 1 aliphatic heterocycles. The molecule has 1 saturated heterocycles. The minimum absolute atomic E-state index is 0.159. The Kier molecular flexibility index (Phi) is 5.20. The van der Waals surface area contributed by atoms with Gasteiger partial charge in [-0.3, -0.25) is 9.69 Å². The number of benzene rings is 1. The average Bonchev–Trinajstić information content (AvgIpc) is 2.46. The first-order valence-corrected chi connectivity index (χ1v) is 6.54. The lowest BCUT2D eigenvalue weighted by Gasteiger charge is -2.25. The highest BCUT2D eigenvalue weighted by molar-refractivity contribution is 5.99. The van der Waals surface area contributed by atoms with E-state index in [9.17, 15) is 9.18 Å². The van der Waals surface area contributed by atoms with Crippen LogP contribution in [0.3, 0.4) is 0 Å². The predicted molar refractivity (Wildman–Crippen MR) is 74.0 cm³/mol. The summed E-state index contributed by atoms with van der Waals surface area (Å²) < 4.78 is 18.0. The molecule has 1 aromatic carbocycles. The second-order valence-electron chi connectivity index (χ2n) is 4.63. The number of hydrazone groups is 1. The van der Waals surface area contributed by atoms with Gasteiger partial charge in [0.05, 0.1) is 25.5 Å². The summed E-state index contributed by atoms with van der Waals surface area (Å²) in [6, 6.07) is 5.98. The summed E-state index contributed by atoms with van der Waals surface area (Å²) in [5.74, 6) is -0.453. The molecule has 0 aliphatic carbocycles. The fourth-order valence-corrected chi connectivity index (χ4v) is 1.90. The number of carbonyl (C=O) groups is 1. The minimum atomic E-state index is -0.294. The van der Waals surface area contributed by atoms with E-state index in [1.54, 1.807) is 19.1 Å². The van der Waals surface area contributed by atoms with E-state index in [4.69, 9.17) is 4.74 Å². The quantitative estimate of drug-likeness (QED) is 0.661. The Bertz CT molecular complexity index is 482. The molecule has 1 aromatic rings. The van der Waals surface area contributed by atoms with Crippen molar-refractivity contribution in [2.75, 3.05) is 32.8 Å². The van der Waals surface area contributed by atoms with Crippen LogP contribution in [0.1, 0.15) is 12.5 Å². The van der Waals surface area contributed by atoms with Gasteiger partial charge in [-0.2, -0.15) is 5.10 Å². The maximum atomic E-state index is 12.8. The van der Waals surface area contributed by atoms with Gasteiger partial charge in [-0.05, 0) is 24.6 Å². The first-order chi connectivity index (χ1) is 9.65. The van der Waals surface area contributed by atoms with Gasteiger partial charge < -0.3 is 4.74 Å². The van der Waals surface area contributed by atoms with Gasteiger partial charge in [0.2, 0.25) is 0 Å². The predicted octanol–water partition coefficient (Wildman–Crippen LogP) is 0.998. The SMILES string of the molecule is C/C(=N/NC(=O)CN1CCOCC1)c1ccc(F)cc1. The van der Waals surface area contributed by atoms with Crippen LogP contribution in [0.4, 0.5) is 4.39 Å². The number of ether oxygens (including phenoxy) is 1. The molecular weight excluding hydrogens is 261 g/mol. The second-order valence-corrected chi connectivity index (χ2v) is 4.63. The van der Waals surface area contributed by atoms with E-state index in [1.807, 2.05) is 4.90 Å². The number of nitrogens with zero attached hydrogens (tertiary/aromatic N) is 2. The topological polar surface area (TPSA) is 53.9 Å². The molecule has 0 spiro atoms. The van der Waals surface area contributed by atoms with Crippen molar-refractivity contribution in [3.05, 3.63) is 35.6 Å². The van der Waals surface area contributed by atoms with Gasteiger partial charge in [0.15, 0.2) is 0 Å². The standard InChI is InChI=1S/C14H18FN3O2/c1-11(12-2-4-13(15)5-3-12)16-17-14(19)10-18-6-8-20-9-7-18/h2-5H,6-10H2,1H3,(H,17,19)/b16-11-. The van der Waals surface area contributed by atoms with E-state index < -0.39 is 0 Å². The molecule has 5 nitrogen and oxygen atoms in total. The van der Waals surface area contributed by atoms with Crippen LogP contribution in [0.25, 0.3) is 0 Å². The largest absolute Gasteiger partial charge is 0.379 e. The zero-order valence-corrected chi connectivity index (χ0v) is 11.4. The van der Waals surface area contributed by atoms with Gasteiger partial charge in [0.1, 0.15) is 5.82 Å². The molecule has 108 valence electrons. The summed E-state index contributed by atoms with van der Waals surface area (Å²) in [6.07, 6.45) is 0. The van der Waals surface area contributed by atoms with Crippen LogP contribution in [0.15, 0.2) is 29.4 Å². The summed E-state index contributed by atoms with van der Waals surface area (Å²) in [5, 5.41) is 4.03. The number of nitrogens with one attached hydrogen (secondary N) is 1. The molecule has 0 unspecified atom stereocenters. The first kappa shape index (κ1) is 14.6. The molecule has 20 heavy (non-hydrogen) atoms. The van der Waals surface area contributed by atoms with Gasteiger partial charge >= 0.3 is 0 Å². The van der Waals surface area contributed by atoms with E-state index in [1.165, 1.54) is 12.1 Å². The van der Waals surface area contributed by atoms with Crippen molar-refractivity contribution in [3.63, 3.8) is 0 Å². The molecule has 1 N–H and O–H groups in total. The van der Waals surface area contributed by atoms with Crippen LogP contribution < -0.4 is 5.43 Å². The van der Waals surface area contributed by atoms with Crippen molar-refractivity contribution in [2.45, 2.75) is 6.92 Å². The molecular formula is C14H18FN3O2. The van der Waals surface area contributed by atoms with Crippen molar-refractivity contribution >= 4 is 11.6 Å². The second kappa shape index (κ2) is 7.12. The fraction of sp³-hybridized carbons (Fsp3) is 0.429. The molecule has 0 radical (unpaired) electrons. The average molecular weight is 279 g/mol. The normalized spacial score (nSPS) is 17.0. The van der Waals surface area contributed by atoms with E-state index in [-0.39, 0.29) is 11.7 Å². The van der Waals surface area contributed by atoms with E-state index in [0.717, 1.165) is 18.7 Å². The molecule has 2 rings (SSSR count). The number of rotatable bonds is 4. The monoisotopic (exact) mass is 279 g/mol. The Hall–Kier alpha value is -1.79. The van der Waals surface area contributed by atoms with Gasteiger partial charge in [-0.1, -0.05) is 12.1 Å². The lowest BCUT2D eigenvalue weighted by molar-refractivity contribution is -0.123. The number of halogens is 1. The van der Waals surface area contributed by atoms with Crippen molar-refractivity contribution in [2.24, 2.45) is 5.10 Å². The number of hydrogen-bond acceptors (Lipinski definition) is 4. The third-order valence-electron chi connectivity index (χ3n) is 3.08. The molecule has 1 aliphatic rings. The zero-order valence-electron chi connectivity index (χ0n) is 11.4. The summed E-state index contributed by atoms with van der Waals surface area (Å²) >= 11 is 0. The Labute approximate surface area is 117 Å². The zero-order chi connectivity index (χ0) is 14.4. The molecule has 0 aromatic heterocycles. The molecule has 1 fully saturated rings. The van der Waals surface area contributed by atoms with Crippen molar-refractivity contribution in [1.82, 2.24) is 10.3 Å². The van der Waals surface area contributed by atoms with Crippen molar-refractivity contribution in [1.29, 1.82) is 0 Å². The van der Waals surface area contributed by atoms with E-state index >= 15 is 0 Å². The highest BCUT2D eigenvalue weighted by Crippen LogP contribution is 2.03. The first-order valence-electron chi connectivity index (χ1n) is 6.54. The molecule has 0 saturated carbocycles. The smallest absolute Gasteiger partial charge is 0.254 e. The third-order valence-corrected chi connectivity index (χ3v) is 3.08. The van der Waals surface area contributed by atoms with Crippen molar-refractivity contribution in [3.8, 4) is 0 Å². The number of hydrogen-bond donors (Lipinski definition) is 1. The molecule has 1 amide bonds. The van der Waals surface area contributed by atoms with Crippen LogP contribution in [-0.4, -0.2) is 49.4 Å². The van der Waals surface area contributed by atoms with Crippen molar-refractivity contribution < 1.29 is 13.9 Å². The summed E-state index contributed by atoms with van der Waals surface area (Å²) in [4.78, 5) is 13.8. The molecule has 6 heteroatoms. The fourth-order valence-electron chi connectivity index (χ4n) is 1.90. The Morgan fingerprint density at radius 3 is 2.65 bits per heavy atom. The van der Waals surface area contributed by atoms with E-state index in [0.29, 0.717) is 25.5 Å². The van der Waals surface area contributed by atoms with Crippen LogP contribution >= 0.6 is 0 Å². The lowest BCUT2D eigenvalue weighted by Crippen LogP contribution is -2.42. The van der Waals surface area contributed by atoms with Gasteiger partial charge in [-0.15, -0.1) is 0 Å². The van der Waals surface area contributed by atoms with Gasteiger partial charge in [0.25, 0.3) is 5.91 Å².